The number of likely N-dealkylation sites (N-methyl/N-ethyl adjacent to an activating group) is 1. The molecular weight excluding hydrogens is 388 g/mol. The number of hydrogen-bond donors (Lipinski definition) is 2. The molecule has 0 spiro atoms. The van der Waals surface area contributed by atoms with E-state index in [1.165, 1.54) is 6.08 Å². The third-order valence-electron chi connectivity index (χ3n) is 4.78. The highest BCUT2D eigenvalue weighted by molar-refractivity contribution is 6.31. The van der Waals surface area contributed by atoms with Crippen LogP contribution in [-0.4, -0.2) is 60.0 Å². The lowest BCUT2D eigenvalue weighted by atomic mass is 10.1. The highest BCUT2D eigenvalue weighted by Crippen LogP contribution is 2.25. The molecule has 5 amide bonds. The number of imide groups is 2. The number of ether oxygens (including phenoxy) is 1. The summed E-state index contributed by atoms with van der Waals surface area (Å²) in [5.74, 6) is -1.53. The maximum Gasteiger partial charge on any atom is 0.331 e. The van der Waals surface area contributed by atoms with Gasteiger partial charge in [-0.1, -0.05) is 18.2 Å². The molecule has 30 heavy (non-hydrogen) atoms. The molecule has 158 valence electrons. The Morgan fingerprint density at radius 3 is 2.73 bits per heavy atom. The average Bonchev–Trinajstić information content (AvgIpc) is 3.06. The van der Waals surface area contributed by atoms with Gasteiger partial charge in [0.05, 0.1) is 0 Å². The van der Waals surface area contributed by atoms with E-state index < -0.39 is 17.8 Å². The largest absolute Gasteiger partial charge is 0.385 e. The number of barbiturate groups is 1. The Morgan fingerprint density at radius 1 is 1.23 bits per heavy atom. The third-order valence-corrected chi connectivity index (χ3v) is 4.78. The number of nitrogens with one attached hydrogen (secondary N) is 2. The number of methoxy groups -OCH3 is 1. The van der Waals surface area contributed by atoms with Crippen molar-refractivity contribution in [3.05, 3.63) is 41.6 Å². The van der Waals surface area contributed by atoms with E-state index in [2.05, 4.69) is 10.6 Å². The zero-order valence-corrected chi connectivity index (χ0v) is 16.9. The van der Waals surface area contributed by atoms with Gasteiger partial charge in [-0.2, -0.15) is 0 Å². The van der Waals surface area contributed by atoms with Gasteiger partial charge in [0.2, 0.25) is 5.91 Å². The fourth-order valence-corrected chi connectivity index (χ4v) is 3.31. The molecule has 1 saturated heterocycles. The first kappa shape index (κ1) is 21.3. The summed E-state index contributed by atoms with van der Waals surface area (Å²) in [4.78, 5) is 49.9. The smallest absolute Gasteiger partial charge is 0.331 e. The number of nitrogens with zero attached hydrogens (tertiary/aromatic N) is 2. The minimum absolute atomic E-state index is 0.0936. The molecule has 2 heterocycles. The topological polar surface area (TPSA) is 110 Å². The van der Waals surface area contributed by atoms with E-state index in [0.717, 1.165) is 22.2 Å². The fraction of sp³-hybridized carbons (Fsp3) is 0.333. The quantitative estimate of drug-likeness (QED) is 0.386. The molecule has 0 atom stereocenters. The summed E-state index contributed by atoms with van der Waals surface area (Å²) in [6.45, 7) is 2.98. The van der Waals surface area contributed by atoms with E-state index >= 15 is 0 Å². The van der Waals surface area contributed by atoms with Crippen LogP contribution in [0.2, 0.25) is 0 Å². The second kappa shape index (κ2) is 9.36. The lowest BCUT2D eigenvalue weighted by molar-refractivity contribution is -0.130. The van der Waals surface area contributed by atoms with E-state index in [1.54, 1.807) is 24.8 Å². The van der Waals surface area contributed by atoms with Crippen molar-refractivity contribution in [1.29, 1.82) is 0 Å². The summed E-state index contributed by atoms with van der Waals surface area (Å²) >= 11 is 0. The summed E-state index contributed by atoms with van der Waals surface area (Å²) < 4.78 is 6.73. The Kier molecular flexibility index (Phi) is 6.63. The molecule has 0 unspecified atom stereocenters. The molecule has 1 aliphatic heterocycles. The van der Waals surface area contributed by atoms with Gasteiger partial charge in [0.15, 0.2) is 0 Å². The Hall–Kier alpha value is -3.46. The molecule has 2 aromatic rings. The number of aromatic nitrogens is 1. The minimum Gasteiger partial charge on any atom is -0.385 e. The van der Waals surface area contributed by atoms with Gasteiger partial charge in [-0.3, -0.25) is 24.6 Å². The Balaban J connectivity index is 1.89. The normalized spacial score (nSPS) is 15.7. The number of para-hydroxylation sites is 1. The Labute approximate surface area is 173 Å². The molecular formula is C21H24N4O5. The molecule has 3 rings (SSSR count). The number of carbonyl (C=O) groups excluding carboxylic acids is 4. The Morgan fingerprint density at radius 2 is 2.00 bits per heavy atom. The van der Waals surface area contributed by atoms with Gasteiger partial charge in [-0.15, -0.1) is 0 Å². The van der Waals surface area contributed by atoms with Crippen molar-refractivity contribution in [2.45, 2.75) is 19.9 Å². The summed E-state index contributed by atoms with van der Waals surface area (Å²) in [6, 6.07) is 6.67. The van der Waals surface area contributed by atoms with Gasteiger partial charge in [0.1, 0.15) is 12.1 Å². The number of rotatable bonds is 8. The van der Waals surface area contributed by atoms with Crippen LogP contribution < -0.4 is 10.6 Å². The van der Waals surface area contributed by atoms with Crippen molar-refractivity contribution in [3.8, 4) is 0 Å². The number of urea groups is 1. The minimum atomic E-state index is -0.734. The molecule has 0 bridgehead atoms. The average molecular weight is 412 g/mol. The summed E-state index contributed by atoms with van der Waals surface area (Å²) in [6.07, 6.45) is 3.90. The highest BCUT2D eigenvalue weighted by Gasteiger charge is 2.34. The van der Waals surface area contributed by atoms with Gasteiger partial charge >= 0.3 is 6.03 Å². The number of carbonyl (C=O) groups is 4. The van der Waals surface area contributed by atoms with Crippen molar-refractivity contribution in [2.24, 2.45) is 0 Å². The second-order valence-electron chi connectivity index (χ2n) is 6.79. The van der Waals surface area contributed by atoms with Gasteiger partial charge in [-0.05, 0) is 25.5 Å². The van der Waals surface area contributed by atoms with E-state index in [4.69, 9.17) is 4.74 Å². The number of amides is 5. The summed E-state index contributed by atoms with van der Waals surface area (Å²) in [5.41, 5.74) is 1.29. The predicted molar refractivity (Wildman–Crippen MR) is 110 cm³/mol. The molecule has 9 nitrogen and oxygen atoms in total. The monoisotopic (exact) mass is 412 g/mol. The maximum atomic E-state index is 12.6. The van der Waals surface area contributed by atoms with Crippen molar-refractivity contribution in [3.63, 3.8) is 0 Å². The molecule has 0 aliphatic carbocycles. The second-order valence-corrected chi connectivity index (χ2v) is 6.79. The van der Waals surface area contributed by atoms with Gasteiger partial charge in [0, 0.05) is 49.5 Å². The van der Waals surface area contributed by atoms with E-state index in [0.29, 0.717) is 18.7 Å². The van der Waals surface area contributed by atoms with Crippen LogP contribution in [0.15, 0.2) is 36.0 Å². The maximum absolute atomic E-state index is 12.6. The molecule has 2 N–H and O–H groups in total. The molecule has 1 aromatic heterocycles. The van der Waals surface area contributed by atoms with Gasteiger partial charge in [-0.25, -0.2) is 4.79 Å². The number of hydrogen-bond acceptors (Lipinski definition) is 5. The zero-order valence-electron chi connectivity index (χ0n) is 16.9. The standard InChI is InChI=1S/C21H24N4O5/c1-3-25-20(28)16(19(27)23-21(25)29)11-14-12-24(17-8-5-4-7-15(14)17)13-18(26)22-9-6-10-30-2/h4-5,7-8,11-12H,3,6,9-10,13H2,1-2H3,(H,22,26)(H,23,27,29)/b16-11-. The van der Waals surface area contributed by atoms with Crippen LogP contribution in [0.3, 0.4) is 0 Å². The zero-order chi connectivity index (χ0) is 21.7. The predicted octanol–water partition coefficient (Wildman–Crippen LogP) is 1.28. The van der Waals surface area contributed by atoms with Crippen LogP contribution >= 0.6 is 0 Å². The molecule has 0 radical (unpaired) electrons. The van der Waals surface area contributed by atoms with E-state index in [-0.39, 0.29) is 24.6 Å². The number of fused-ring (bicyclic) bond motifs is 1. The first-order valence-electron chi connectivity index (χ1n) is 9.68. The van der Waals surface area contributed by atoms with Crippen molar-refractivity contribution < 1.29 is 23.9 Å². The van der Waals surface area contributed by atoms with Crippen LogP contribution in [0.25, 0.3) is 17.0 Å². The van der Waals surface area contributed by atoms with Crippen LogP contribution in [0, 0.1) is 0 Å². The van der Waals surface area contributed by atoms with Gasteiger partial charge in [0.25, 0.3) is 11.8 Å². The van der Waals surface area contributed by atoms with Crippen molar-refractivity contribution >= 4 is 40.7 Å². The fourth-order valence-electron chi connectivity index (χ4n) is 3.31. The van der Waals surface area contributed by atoms with Crippen LogP contribution in [0.5, 0.6) is 0 Å². The van der Waals surface area contributed by atoms with Crippen molar-refractivity contribution in [1.82, 2.24) is 20.1 Å². The molecule has 1 fully saturated rings. The molecule has 9 heteroatoms. The first-order chi connectivity index (χ1) is 14.5. The lowest BCUT2D eigenvalue weighted by Gasteiger charge is -2.24. The number of benzene rings is 1. The third kappa shape index (κ3) is 4.41. The van der Waals surface area contributed by atoms with Crippen LogP contribution in [0.1, 0.15) is 18.9 Å². The summed E-state index contributed by atoms with van der Waals surface area (Å²) in [7, 11) is 1.61. The highest BCUT2D eigenvalue weighted by atomic mass is 16.5. The first-order valence-corrected chi connectivity index (χ1v) is 9.68. The van der Waals surface area contributed by atoms with E-state index in [9.17, 15) is 19.2 Å². The van der Waals surface area contributed by atoms with E-state index in [1.807, 2.05) is 24.3 Å². The van der Waals surface area contributed by atoms with Gasteiger partial charge < -0.3 is 14.6 Å². The van der Waals surface area contributed by atoms with Crippen LogP contribution in [0.4, 0.5) is 4.79 Å². The summed E-state index contributed by atoms with van der Waals surface area (Å²) in [5, 5.41) is 5.81. The van der Waals surface area contributed by atoms with Crippen molar-refractivity contribution in [2.75, 3.05) is 26.8 Å². The SMILES string of the molecule is CCN1C(=O)NC(=O)/C(=C/c2cn(CC(=O)NCCCOC)c3ccccc23)C1=O. The lowest BCUT2D eigenvalue weighted by Crippen LogP contribution is -2.53. The molecule has 0 saturated carbocycles. The Bertz CT molecular complexity index is 1020. The van der Waals surface area contributed by atoms with Crippen LogP contribution in [-0.2, 0) is 25.7 Å². The molecule has 1 aromatic carbocycles. The molecule has 1 aliphatic rings.